The summed E-state index contributed by atoms with van der Waals surface area (Å²) in [6.45, 7) is 7.22. The smallest absolute Gasteiger partial charge is 0.216 e. The van der Waals surface area contributed by atoms with Gasteiger partial charge in [0.25, 0.3) is 0 Å². The van der Waals surface area contributed by atoms with Gasteiger partial charge < -0.3 is 14.3 Å². The summed E-state index contributed by atoms with van der Waals surface area (Å²) in [7, 11) is -0.643. The number of hydrogen-bond acceptors (Lipinski definition) is 3. The molecule has 0 unspecified atom stereocenters. The Morgan fingerprint density at radius 1 is 0.743 bits per heavy atom. The van der Waals surface area contributed by atoms with Gasteiger partial charge in [0.05, 0.1) is 17.2 Å². The van der Waals surface area contributed by atoms with Crippen LogP contribution in [0.3, 0.4) is 0 Å². The Balaban J connectivity index is 2.03. The summed E-state index contributed by atoms with van der Waals surface area (Å²) in [5.41, 5.74) is 2.84. The quantitative estimate of drug-likeness (QED) is 0.148. The molecule has 4 heteroatoms. The lowest BCUT2D eigenvalue weighted by Crippen LogP contribution is -2.59. The van der Waals surface area contributed by atoms with Crippen LogP contribution in [-0.4, -0.2) is 39.0 Å². The van der Waals surface area contributed by atoms with E-state index in [1.807, 2.05) is 7.11 Å². The highest BCUT2D eigenvalue weighted by molar-refractivity contribution is 6.73. The molecule has 0 heterocycles. The molecule has 3 aromatic carbocycles. The highest BCUT2D eigenvalue weighted by Gasteiger charge is 2.52. The SMILES string of the molecule is CCCCC[C@@H](O)CCO[Si](C)(C)[C@H](OC)C(c1ccccc1)(c1ccccc1)c1ccccc1. The van der Waals surface area contributed by atoms with Crippen molar-refractivity contribution in [2.45, 2.75) is 69.4 Å². The first-order valence-electron chi connectivity index (χ1n) is 13.0. The zero-order valence-corrected chi connectivity index (χ0v) is 22.8. The molecule has 35 heavy (non-hydrogen) atoms. The van der Waals surface area contributed by atoms with Crippen molar-refractivity contribution in [2.75, 3.05) is 13.7 Å². The molecule has 0 aromatic heterocycles. The van der Waals surface area contributed by atoms with Crippen LogP contribution in [0.5, 0.6) is 0 Å². The third-order valence-corrected chi connectivity index (χ3v) is 9.89. The van der Waals surface area contributed by atoms with E-state index in [0.29, 0.717) is 13.0 Å². The van der Waals surface area contributed by atoms with Gasteiger partial charge in [-0.05, 0) is 42.6 Å². The van der Waals surface area contributed by atoms with E-state index in [1.165, 1.54) is 23.1 Å². The molecule has 3 nitrogen and oxygen atoms in total. The van der Waals surface area contributed by atoms with Crippen molar-refractivity contribution < 1.29 is 14.3 Å². The maximum Gasteiger partial charge on any atom is 0.216 e. The van der Waals surface area contributed by atoms with E-state index in [2.05, 4.69) is 111 Å². The van der Waals surface area contributed by atoms with Crippen molar-refractivity contribution >= 4 is 8.32 Å². The van der Waals surface area contributed by atoms with Gasteiger partial charge in [-0.15, -0.1) is 0 Å². The molecule has 0 fully saturated rings. The molecular formula is C31H42O3Si. The Hall–Kier alpha value is -2.24. The number of methoxy groups -OCH3 is 1. The predicted octanol–water partition coefficient (Wildman–Crippen LogP) is 7.13. The lowest BCUT2D eigenvalue weighted by Gasteiger charge is -2.47. The Labute approximate surface area is 213 Å². The van der Waals surface area contributed by atoms with Gasteiger partial charge in [0.15, 0.2) is 0 Å². The first-order valence-corrected chi connectivity index (χ1v) is 16.0. The summed E-state index contributed by atoms with van der Waals surface area (Å²) >= 11 is 0. The molecule has 1 N–H and O–H groups in total. The Morgan fingerprint density at radius 3 is 1.60 bits per heavy atom. The molecule has 0 aliphatic rings. The average molecular weight is 491 g/mol. The topological polar surface area (TPSA) is 38.7 Å². The number of unbranched alkanes of at least 4 members (excludes halogenated alkanes) is 2. The second-order valence-corrected chi connectivity index (χ2v) is 13.9. The van der Waals surface area contributed by atoms with E-state index in [0.717, 1.165) is 19.3 Å². The number of aliphatic hydroxyl groups is 1. The summed E-state index contributed by atoms with van der Waals surface area (Å²) in [5, 5.41) is 10.5. The minimum atomic E-state index is -2.45. The summed E-state index contributed by atoms with van der Waals surface area (Å²) in [4.78, 5) is 0. The van der Waals surface area contributed by atoms with Crippen LogP contribution in [0, 0.1) is 0 Å². The molecule has 0 aliphatic heterocycles. The van der Waals surface area contributed by atoms with Gasteiger partial charge >= 0.3 is 0 Å². The van der Waals surface area contributed by atoms with Crippen LogP contribution in [0.1, 0.15) is 55.7 Å². The molecule has 188 valence electrons. The van der Waals surface area contributed by atoms with Crippen LogP contribution in [0.25, 0.3) is 0 Å². The second-order valence-electron chi connectivity index (χ2n) is 9.91. The molecule has 0 aliphatic carbocycles. The van der Waals surface area contributed by atoms with E-state index in [1.54, 1.807) is 0 Å². The Kier molecular flexibility index (Phi) is 10.3. The lowest BCUT2D eigenvalue weighted by atomic mass is 9.69. The van der Waals surface area contributed by atoms with Gasteiger partial charge in [-0.1, -0.05) is 117 Å². The summed E-state index contributed by atoms with van der Waals surface area (Å²) in [6.07, 6.45) is 4.59. The van der Waals surface area contributed by atoms with Crippen molar-refractivity contribution in [1.29, 1.82) is 0 Å². The van der Waals surface area contributed by atoms with Gasteiger partial charge in [0.2, 0.25) is 8.32 Å². The third kappa shape index (κ3) is 6.50. The van der Waals surface area contributed by atoms with Crippen molar-refractivity contribution in [3.05, 3.63) is 108 Å². The van der Waals surface area contributed by atoms with Crippen molar-refractivity contribution in [3.8, 4) is 0 Å². The van der Waals surface area contributed by atoms with E-state index < -0.39 is 13.7 Å². The van der Waals surface area contributed by atoms with Crippen LogP contribution in [0.4, 0.5) is 0 Å². The standard InChI is InChI=1S/C31H42O3Si/c1-5-6-10-23-29(32)24-25-34-35(3,4)30(33-2)31(26-17-11-7-12-18-26,27-19-13-8-14-20-27)28-21-15-9-16-22-28/h7-9,11-22,29-30,32H,5-6,10,23-25H2,1-4H3/t29-,30+/m1/s1. The first-order chi connectivity index (χ1) is 17.0. The Morgan fingerprint density at radius 2 is 1.20 bits per heavy atom. The molecule has 3 rings (SSSR count). The molecule has 0 saturated heterocycles. The zero-order chi connectivity index (χ0) is 25.2. The normalized spacial score (nSPS) is 14.0. The molecule has 0 bridgehead atoms. The Bertz CT molecular complexity index is 879. The summed E-state index contributed by atoms with van der Waals surface area (Å²) < 4.78 is 13.1. The number of ether oxygens (including phenoxy) is 1. The van der Waals surface area contributed by atoms with Crippen molar-refractivity contribution in [1.82, 2.24) is 0 Å². The average Bonchev–Trinajstić information content (AvgIpc) is 2.88. The minimum Gasteiger partial charge on any atom is -0.415 e. The number of benzene rings is 3. The van der Waals surface area contributed by atoms with Gasteiger partial charge in [0.1, 0.15) is 0 Å². The number of rotatable bonds is 14. The molecule has 0 amide bonds. The van der Waals surface area contributed by atoms with Crippen LogP contribution in [-0.2, 0) is 14.6 Å². The van der Waals surface area contributed by atoms with E-state index >= 15 is 0 Å². The van der Waals surface area contributed by atoms with Crippen LogP contribution in [0.2, 0.25) is 13.1 Å². The van der Waals surface area contributed by atoms with Gasteiger partial charge in [0, 0.05) is 13.7 Å². The van der Waals surface area contributed by atoms with Gasteiger partial charge in [-0.3, -0.25) is 0 Å². The van der Waals surface area contributed by atoms with Gasteiger partial charge in [-0.25, -0.2) is 0 Å². The molecule has 0 saturated carbocycles. The van der Waals surface area contributed by atoms with Crippen LogP contribution in [0.15, 0.2) is 91.0 Å². The fourth-order valence-electron chi connectivity index (χ4n) is 5.35. The molecule has 2 atom stereocenters. The van der Waals surface area contributed by atoms with Crippen molar-refractivity contribution in [2.24, 2.45) is 0 Å². The molecular weight excluding hydrogens is 448 g/mol. The van der Waals surface area contributed by atoms with Crippen molar-refractivity contribution in [3.63, 3.8) is 0 Å². The highest BCUT2D eigenvalue weighted by Crippen LogP contribution is 2.46. The maximum atomic E-state index is 10.5. The molecule has 0 spiro atoms. The van der Waals surface area contributed by atoms with Gasteiger partial charge in [-0.2, -0.15) is 0 Å². The zero-order valence-electron chi connectivity index (χ0n) is 21.8. The van der Waals surface area contributed by atoms with Crippen LogP contribution < -0.4 is 0 Å². The monoisotopic (exact) mass is 490 g/mol. The first kappa shape index (κ1) is 27.3. The lowest BCUT2D eigenvalue weighted by molar-refractivity contribution is 0.0842. The highest BCUT2D eigenvalue weighted by atomic mass is 28.4. The van der Waals surface area contributed by atoms with Crippen LogP contribution >= 0.6 is 0 Å². The minimum absolute atomic E-state index is 0.195. The van der Waals surface area contributed by atoms with E-state index in [9.17, 15) is 5.11 Å². The number of hydrogen-bond donors (Lipinski definition) is 1. The maximum absolute atomic E-state index is 10.5. The summed E-state index contributed by atoms with van der Waals surface area (Å²) in [6, 6.07) is 32.0. The predicted molar refractivity (Wildman–Crippen MR) is 148 cm³/mol. The second kappa shape index (κ2) is 13.2. The third-order valence-electron chi connectivity index (χ3n) is 7.01. The molecule has 3 aromatic rings. The van der Waals surface area contributed by atoms with E-state index in [-0.39, 0.29) is 11.8 Å². The largest absolute Gasteiger partial charge is 0.415 e. The fourth-order valence-corrected chi connectivity index (χ4v) is 8.25. The van der Waals surface area contributed by atoms with E-state index in [4.69, 9.17) is 9.16 Å². The fraction of sp³-hybridized carbons (Fsp3) is 0.419. The summed E-state index contributed by atoms with van der Waals surface area (Å²) in [5.74, 6) is 0. The molecule has 0 radical (unpaired) electrons. The number of aliphatic hydroxyl groups excluding tert-OH is 1.